The molecule has 0 aliphatic carbocycles. The Kier molecular flexibility index (Phi) is 7.95. The highest BCUT2D eigenvalue weighted by molar-refractivity contribution is 7.89. The molecule has 0 unspecified atom stereocenters. The minimum absolute atomic E-state index is 0.105. The van der Waals surface area contributed by atoms with Crippen LogP contribution in [0.25, 0.3) is 0 Å². The van der Waals surface area contributed by atoms with Crippen LogP contribution in [0.1, 0.15) is 53.1 Å². The van der Waals surface area contributed by atoms with Crippen LogP contribution in [-0.2, 0) is 21.4 Å². The molecule has 0 atom stereocenters. The minimum Gasteiger partial charge on any atom is -0.324 e. The van der Waals surface area contributed by atoms with Crippen LogP contribution in [0, 0.1) is 27.7 Å². The zero-order chi connectivity index (χ0) is 25.0. The number of hydrogen-bond acceptors (Lipinski definition) is 3. The van der Waals surface area contributed by atoms with Gasteiger partial charge in [0.05, 0.1) is 11.4 Å². The maximum Gasteiger partial charge on any atom is 0.244 e. The van der Waals surface area contributed by atoms with Crippen LogP contribution >= 0.6 is 0 Å². The molecule has 3 rings (SSSR count). The largest absolute Gasteiger partial charge is 0.324 e. The Labute approximate surface area is 203 Å². The summed E-state index contributed by atoms with van der Waals surface area (Å²) in [6.07, 6.45) is 0. The molecule has 6 heteroatoms. The molecule has 0 aliphatic rings. The fourth-order valence-electron chi connectivity index (χ4n) is 4.40. The van der Waals surface area contributed by atoms with E-state index in [9.17, 15) is 13.2 Å². The Balaban J connectivity index is 1.99. The van der Waals surface area contributed by atoms with E-state index in [1.165, 1.54) is 4.31 Å². The Morgan fingerprint density at radius 2 is 1.50 bits per heavy atom. The minimum atomic E-state index is -3.93. The number of sulfonamides is 1. The highest BCUT2D eigenvalue weighted by Gasteiger charge is 2.30. The molecule has 5 nitrogen and oxygen atoms in total. The second-order valence-corrected chi connectivity index (χ2v) is 11.1. The van der Waals surface area contributed by atoms with Crippen molar-refractivity contribution < 1.29 is 13.2 Å². The SMILES string of the molecule is Cc1cc(C)c(S(=O)(=O)N(CC(=O)Nc2c(C)cccc2C(C)C)Cc2ccccc2)c(C)c1. The van der Waals surface area contributed by atoms with Crippen LogP contribution in [0.4, 0.5) is 5.69 Å². The number of rotatable bonds is 8. The second-order valence-electron chi connectivity index (χ2n) is 9.23. The first kappa shape index (κ1) is 25.7. The van der Waals surface area contributed by atoms with Crippen LogP contribution in [0.15, 0.2) is 65.6 Å². The predicted molar refractivity (Wildman–Crippen MR) is 139 cm³/mol. The Morgan fingerprint density at radius 1 is 0.882 bits per heavy atom. The third-order valence-corrected chi connectivity index (χ3v) is 8.01. The zero-order valence-electron chi connectivity index (χ0n) is 20.8. The van der Waals surface area contributed by atoms with Crippen molar-refractivity contribution in [3.05, 3.63) is 94.0 Å². The van der Waals surface area contributed by atoms with Gasteiger partial charge in [0.2, 0.25) is 15.9 Å². The van der Waals surface area contributed by atoms with Crippen LogP contribution in [-0.4, -0.2) is 25.2 Å². The first-order valence-electron chi connectivity index (χ1n) is 11.5. The van der Waals surface area contributed by atoms with Crippen LogP contribution in [0.3, 0.4) is 0 Å². The van der Waals surface area contributed by atoms with Crippen molar-refractivity contribution in [2.75, 3.05) is 11.9 Å². The van der Waals surface area contributed by atoms with E-state index in [0.717, 1.165) is 27.9 Å². The lowest BCUT2D eigenvalue weighted by Gasteiger charge is -2.25. The summed E-state index contributed by atoms with van der Waals surface area (Å²) in [6.45, 7) is 11.5. The van der Waals surface area contributed by atoms with Gasteiger partial charge in [-0.15, -0.1) is 0 Å². The third-order valence-electron chi connectivity index (χ3n) is 5.92. The average molecular weight is 479 g/mol. The molecule has 0 spiro atoms. The van der Waals surface area contributed by atoms with E-state index in [1.807, 2.05) is 74.5 Å². The molecule has 0 radical (unpaired) electrons. The smallest absolute Gasteiger partial charge is 0.244 e. The standard InChI is InChI=1S/C28H34N2O3S/c1-19(2)25-14-10-11-21(4)27(25)29-26(31)18-30(17-24-12-8-7-9-13-24)34(32,33)28-22(5)15-20(3)16-23(28)6/h7-16,19H,17-18H2,1-6H3,(H,29,31). The molecule has 34 heavy (non-hydrogen) atoms. The number of benzene rings is 3. The number of carbonyl (C=O) groups is 1. The van der Waals surface area contributed by atoms with Crippen molar-refractivity contribution in [1.82, 2.24) is 4.31 Å². The van der Waals surface area contributed by atoms with Crippen molar-refractivity contribution in [2.24, 2.45) is 0 Å². The second kappa shape index (κ2) is 10.5. The predicted octanol–water partition coefficient (Wildman–Crippen LogP) is 5.87. The highest BCUT2D eigenvalue weighted by atomic mass is 32.2. The van der Waals surface area contributed by atoms with Crippen molar-refractivity contribution in [2.45, 2.75) is 58.9 Å². The molecule has 0 saturated heterocycles. The zero-order valence-corrected chi connectivity index (χ0v) is 21.7. The number of anilines is 1. The molecule has 0 fully saturated rings. The number of nitrogens with zero attached hydrogens (tertiary/aromatic N) is 1. The quantitative estimate of drug-likeness (QED) is 0.440. The number of para-hydroxylation sites is 1. The van der Waals surface area contributed by atoms with Gasteiger partial charge in [0.1, 0.15) is 0 Å². The van der Waals surface area contributed by atoms with E-state index in [1.54, 1.807) is 13.8 Å². The first-order valence-corrected chi connectivity index (χ1v) is 13.0. The summed E-state index contributed by atoms with van der Waals surface area (Å²) in [5.41, 5.74) is 5.90. The molecule has 0 saturated carbocycles. The van der Waals surface area contributed by atoms with Crippen LogP contribution in [0.2, 0.25) is 0 Å². The molecule has 1 amide bonds. The lowest BCUT2D eigenvalue weighted by Crippen LogP contribution is -2.38. The fraction of sp³-hybridized carbons (Fsp3) is 0.321. The normalized spacial score (nSPS) is 11.8. The van der Waals surface area contributed by atoms with Gasteiger partial charge in [-0.2, -0.15) is 4.31 Å². The van der Waals surface area contributed by atoms with Gasteiger partial charge in [0.25, 0.3) is 0 Å². The monoisotopic (exact) mass is 478 g/mol. The van der Waals surface area contributed by atoms with Gasteiger partial charge in [-0.25, -0.2) is 8.42 Å². The number of carbonyl (C=O) groups excluding carboxylic acids is 1. The summed E-state index contributed by atoms with van der Waals surface area (Å²) in [7, 11) is -3.93. The maximum atomic E-state index is 13.9. The van der Waals surface area contributed by atoms with E-state index in [4.69, 9.17) is 0 Å². The van der Waals surface area contributed by atoms with Crippen molar-refractivity contribution in [3.8, 4) is 0 Å². The first-order chi connectivity index (χ1) is 16.0. The van der Waals surface area contributed by atoms with Crippen molar-refractivity contribution in [1.29, 1.82) is 0 Å². The molecule has 1 N–H and O–H groups in total. The Bertz CT molecular complexity index is 1260. The maximum absolute atomic E-state index is 13.9. The molecular formula is C28H34N2O3S. The van der Waals surface area contributed by atoms with Gasteiger partial charge < -0.3 is 5.32 Å². The highest BCUT2D eigenvalue weighted by Crippen LogP contribution is 2.29. The van der Waals surface area contributed by atoms with Gasteiger partial charge in [-0.3, -0.25) is 4.79 Å². The van der Waals surface area contributed by atoms with E-state index in [-0.39, 0.29) is 29.8 Å². The van der Waals surface area contributed by atoms with Crippen molar-refractivity contribution in [3.63, 3.8) is 0 Å². The summed E-state index contributed by atoms with van der Waals surface area (Å²) >= 11 is 0. The van der Waals surface area contributed by atoms with Crippen LogP contribution in [0.5, 0.6) is 0 Å². The average Bonchev–Trinajstić information content (AvgIpc) is 2.74. The summed E-state index contributed by atoms with van der Waals surface area (Å²) in [4.78, 5) is 13.5. The summed E-state index contributed by atoms with van der Waals surface area (Å²) in [6, 6.07) is 19.0. The molecular weight excluding hydrogens is 444 g/mol. The van der Waals surface area contributed by atoms with E-state index in [2.05, 4.69) is 19.2 Å². The van der Waals surface area contributed by atoms with Gasteiger partial charge in [-0.05, 0) is 61.4 Å². The van der Waals surface area contributed by atoms with Gasteiger partial charge >= 0.3 is 0 Å². The molecule has 3 aromatic carbocycles. The number of nitrogens with one attached hydrogen (secondary N) is 1. The number of aryl methyl sites for hydroxylation is 4. The summed E-state index contributed by atoms with van der Waals surface area (Å²) < 4.78 is 29.0. The third kappa shape index (κ3) is 5.75. The van der Waals surface area contributed by atoms with E-state index >= 15 is 0 Å². The molecule has 0 bridgehead atoms. The van der Waals surface area contributed by atoms with Gasteiger partial charge in [0, 0.05) is 12.2 Å². The van der Waals surface area contributed by atoms with E-state index < -0.39 is 10.0 Å². The molecule has 180 valence electrons. The van der Waals surface area contributed by atoms with Crippen molar-refractivity contribution >= 4 is 21.6 Å². The van der Waals surface area contributed by atoms with Gasteiger partial charge in [0.15, 0.2) is 0 Å². The lowest BCUT2D eigenvalue weighted by molar-refractivity contribution is -0.116. The molecule has 0 aromatic heterocycles. The Morgan fingerprint density at radius 3 is 2.09 bits per heavy atom. The fourth-order valence-corrected chi connectivity index (χ4v) is 6.19. The number of amides is 1. The topological polar surface area (TPSA) is 66.5 Å². The van der Waals surface area contributed by atoms with Gasteiger partial charge in [-0.1, -0.05) is 80.1 Å². The molecule has 0 heterocycles. The van der Waals surface area contributed by atoms with E-state index in [0.29, 0.717) is 11.1 Å². The van der Waals surface area contributed by atoms with Crippen LogP contribution < -0.4 is 5.32 Å². The lowest BCUT2D eigenvalue weighted by atomic mass is 9.98. The molecule has 0 aliphatic heterocycles. The summed E-state index contributed by atoms with van der Waals surface area (Å²) in [5.74, 6) is -0.143. The summed E-state index contributed by atoms with van der Waals surface area (Å²) in [5, 5.41) is 2.99. The molecule has 3 aromatic rings. The number of hydrogen-bond donors (Lipinski definition) is 1. The Hall–Kier alpha value is -2.96.